The minimum Gasteiger partial charge on any atom is -0.467 e. The minimum absolute atomic E-state index is 0.0500. The van der Waals surface area contributed by atoms with Gasteiger partial charge in [0, 0.05) is 17.9 Å². The van der Waals surface area contributed by atoms with E-state index >= 15 is 0 Å². The molecule has 0 aromatic heterocycles. The molecule has 5 rings (SSSR count). The molecule has 1 fully saturated rings. The topological polar surface area (TPSA) is 35.5 Å². The first kappa shape index (κ1) is 16.9. The highest BCUT2D eigenvalue weighted by Crippen LogP contribution is 2.51. The van der Waals surface area contributed by atoms with Crippen LogP contribution >= 0.6 is 23.5 Å². The van der Waals surface area contributed by atoms with Gasteiger partial charge in [0.2, 0.25) is 4.27 Å². The predicted molar refractivity (Wildman–Crippen MR) is 103 cm³/mol. The Morgan fingerprint density at radius 2 is 1.44 bits per heavy atom. The Morgan fingerprint density at radius 3 is 2.20 bits per heavy atom. The van der Waals surface area contributed by atoms with E-state index in [0.717, 1.165) is 36.3 Å². The second-order valence-electron chi connectivity index (χ2n) is 6.17. The maximum absolute atomic E-state index is 10.8. The van der Waals surface area contributed by atoms with Crippen molar-refractivity contribution in [2.45, 2.75) is 29.9 Å². The fraction of sp³-hybridized carbons (Fsp3) is 0.350. The number of carbonyl (C=O) groups excluding carboxylic acids is 1. The fourth-order valence-electron chi connectivity index (χ4n) is 3.18. The molecule has 2 aromatic carbocycles. The number of carbonyl (C=O) groups is 1. The molecule has 3 heterocycles. The predicted octanol–water partition coefficient (Wildman–Crippen LogP) is 4.68. The van der Waals surface area contributed by atoms with Gasteiger partial charge in [0.15, 0.2) is 0 Å². The number of hydrogen-bond acceptors (Lipinski definition) is 5. The van der Waals surface area contributed by atoms with Crippen LogP contribution in [0.15, 0.2) is 48.5 Å². The number of fused-ring (bicyclic) bond motifs is 2. The molecule has 0 amide bonds. The van der Waals surface area contributed by atoms with Crippen LogP contribution in [0.2, 0.25) is 0 Å². The number of para-hydroxylation sites is 2. The summed E-state index contributed by atoms with van der Waals surface area (Å²) in [7, 11) is 0. The molecule has 0 aliphatic carbocycles. The summed E-state index contributed by atoms with van der Waals surface area (Å²) in [5.41, 5.74) is 2.50. The SMILES string of the molecule is O=C1CCc2ccccc2O1.c1ccc2c(c1)CCC1(O2)SCCS1. The van der Waals surface area contributed by atoms with E-state index in [1.54, 1.807) is 0 Å². The third-order valence-corrected chi connectivity index (χ3v) is 7.70. The monoisotopic (exact) mass is 372 g/mol. The van der Waals surface area contributed by atoms with Crippen LogP contribution in [0.3, 0.4) is 0 Å². The lowest BCUT2D eigenvalue weighted by Gasteiger charge is -2.33. The fourth-order valence-corrected chi connectivity index (χ4v) is 6.09. The van der Waals surface area contributed by atoms with Gasteiger partial charge < -0.3 is 9.47 Å². The van der Waals surface area contributed by atoms with Crippen molar-refractivity contribution in [2.24, 2.45) is 0 Å². The normalized spacial score (nSPS) is 19.8. The van der Waals surface area contributed by atoms with Crippen molar-refractivity contribution < 1.29 is 14.3 Å². The molecule has 1 saturated heterocycles. The van der Waals surface area contributed by atoms with Gasteiger partial charge in [-0.25, -0.2) is 0 Å². The van der Waals surface area contributed by atoms with Gasteiger partial charge in [0.1, 0.15) is 11.5 Å². The molecule has 5 heteroatoms. The second kappa shape index (κ2) is 7.34. The summed E-state index contributed by atoms with van der Waals surface area (Å²) in [6, 6.07) is 16.1. The quantitative estimate of drug-likeness (QED) is 0.495. The van der Waals surface area contributed by atoms with Crippen LogP contribution < -0.4 is 9.47 Å². The Kier molecular flexibility index (Phi) is 4.95. The van der Waals surface area contributed by atoms with E-state index in [2.05, 4.69) is 24.3 Å². The first-order valence-electron chi connectivity index (χ1n) is 8.58. The molecular formula is C20H20O3S2. The molecule has 25 heavy (non-hydrogen) atoms. The Morgan fingerprint density at radius 1 is 0.800 bits per heavy atom. The summed E-state index contributed by atoms with van der Waals surface area (Å²) >= 11 is 3.94. The van der Waals surface area contributed by atoms with Crippen LogP contribution in [0.5, 0.6) is 11.5 Å². The maximum atomic E-state index is 10.8. The molecule has 0 radical (unpaired) electrons. The molecule has 0 N–H and O–H groups in total. The number of benzene rings is 2. The van der Waals surface area contributed by atoms with Crippen LogP contribution in [0.1, 0.15) is 24.0 Å². The smallest absolute Gasteiger partial charge is 0.311 e. The van der Waals surface area contributed by atoms with Gasteiger partial charge in [0.25, 0.3) is 0 Å². The van der Waals surface area contributed by atoms with Crippen molar-refractivity contribution in [1.82, 2.24) is 0 Å². The van der Waals surface area contributed by atoms with Crippen molar-refractivity contribution in [3.8, 4) is 11.5 Å². The molecule has 0 unspecified atom stereocenters. The molecule has 3 aliphatic heterocycles. The summed E-state index contributed by atoms with van der Waals surface area (Å²) in [6.07, 6.45) is 3.64. The molecule has 0 bridgehead atoms. The molecular weight excluding hydrogens is 352 g/mol. The van der Waals surface area contributed by atoms with Crippen LogP contribution in [-0.4, -0.2) is 21.7 Å². The van der Waals surface area contributed by atoms with Gasteiger partial charge in [-0.05, 0) is 36.1 Å². The molecule has 0 atom stereocenters. The van der Waals surface area contributed by atoms with E-state index < -0.39 is 0 Å². The molecule has 3 nitrogen and oxygen atoms in total. The van der Waals surface area contributed by atoms with E-state index in [4.69, 9.17) is 9.47 Å². The maximum Gasteiger partial charge on any atom is 0.311 e. The Bertz CT molecular complexity index is 769. The summed E-state index contributed by atoms with van der Waals surface area (Å²) in [5.74, 6) is 4.16. The van der Waals surface area contributed by atoms with E-state index in [-0.39, 0.29) is 10.2 Å². The lowest BCUT2D eigenvalue weighted by molar-refractivity contribution is -0.135. The van der Waals surface area contributed by atoms with Gasteiger partial charge in [-0.15, -0.1) is 23.5 Å². The van der Waals surface area contributed by atoms with Gasteiger partial charge in [-0.3, -0.25) is 4.79 Å². The van der Waals surface area contributed by atoms with Crippen molar-refractivity contribution >= 4 is 29.5 Å². The number of hydrogen-bond donors (Lipinski definition) is 0. The third-order valence-electron chi connectivity index (χ3n) is 4.46. The minimum atomic E-state index is -0.122. The highest BCUT2D eigenvalue weighted by Gasteiger charge is 2.40. The zero-order valence-corrected chi connectivity index (χ0v) is 15.5. The van der Waals surface area contributed by atoms with Crippen LogP contribution in [-0.2, 0) is 17.6 Å². The zero-order chi connectivity index (χ0) is 17.1. The summed E-state index contributed by atoms with van der Waals surface area (Å²) in [5, 5.41) is 0. The lowest BCUT2D eigenvalue weighted by atomic mass is 10.1. The van der Waals surface area contributed by atoms with E-state index in [1.807, 2.05) is 47.8 Å². The van der Waals surface area contributed by atoms with Gasteiger partial charge in [-0.1, -0.05) is 36.4 Å². The number of rotatable bonds is 0. The van der Waals surface area contributed by atoms with Gasteiger partial charge in [0.05, 0.1) is 6.42 Å². The van der Waals surface area contributed by atoms with Crippen LogP contribution in [0, 0.1) is 0 Å². The van der Waals surface area contributed by atoms with Crippen molar-refractivity contribution in [2.75, 3.05) is 11.5 Å². The lowest BCUT2D eigenvalue weighted by Crippen LogP contribution is -2.30. The first-order valence-corrected chi connectivity index (χ1v) is 10.5. The Balaban J connectivity index is 0.000000129. The second-order valence-corrected chi connectivity index (χ2v) is 9.14. The van der Waals surface area contributed by atoms with E-state index in [0.29, 0.717) is 6.42 Å². The number of esters is 1. The average Bonchev–Trinajstić information content (AvgIpc) is 3.10. The van der Waals surface area contributed by atoms with Gasteiger partial charge in [-0.2, -0.15) is 0 Å². The number of thioether (sulfide) groups is 2. The molecule has 130 valence electrons. The van der Waals surface area contributed by atoms with Crippen molar-refractivity contribution in [3.63, 3.8) is 0 Å². The first-order chi connectivity index (χ1) is 12.2. The largest absolute Gasteiger partial charge is 0.467 e. The van der Waals surface area contributed by atoms with Crippen LogP contribution in [0.25, 0.3) is 0 Å². The number of aryl methyl sites for hydroxylation is 2. The number of ether oxygens (including phenoxy) is 2. The molecule has 2 aromatic rings. The Labute approximate surface area is 156 Å². The zero-order valence-electron chi connectivity index (χ0n) is 13.9. The standard InChI is InChI=1S/C11H12OS2.C9H8O2/c1-2-4-10-9(3-1)5-6-11(12-10)13-7-8-14-11;10-9-6-5-7-3-1-2-4-8(7)11-9/h1-4H,5-8H2;1-4H,5-6H2. The summed E-state index contributed by atoms with van der Waals surface area (Å²) in [4.78, 5) is 10.8. The van der Waals surface area contributed by atoms with Crippen LogP contribution in [0.4, 0.5) is 0 Å². The highest BCUT2D eigenvalue weighted by molar-refractivity contribution is 8.21. The van der Waals surface area contributed by atoms with E-state index in [9.17, 15) is 4.79 Å². The third kappa shape index (κ3) is 3.82. The molecule has 1 spiro atoms. The average molecular weight is 373 g/mol. The summed E-state index contributed by atoms with van der Waals surface area (Å²) in [6.45, 7) is 0. The Hall–Kier alpha value is -1.59. The summed E-state index contributed by atoms with van der Waals surface area (Å²) < 4.78 is 11.1. The molecule has 3 aliphatic rings. The van der Waals surface area contributed by atoms with E-state index in [1.165, 1.54) is 17.1 Å². The van der Waals surface area contributed by atoms with Crippen molar-refractivity contribution in [1.29, 1.82) is 0 Å². The van der Waals surface area contributed by atoms with Crippen molar-refractivity contribution in [3.05, 3.63) is 59.7 Å². The molecule has 0 saturated carbocycles. The van der Waals surface area contributed by atoms with Gasteiger partial charge >= 0.3 is 5.97 Å². The highest BCUT2D eigenvalue weighted by atomic mass is 32.2.